The number of hydrogen-bond acceptors (Lipinski definition) is 3. The van der Waals surface area contributed by atoms with Crippen LogP contribution in [-0.4, -0.2) is 21.6 Å². The van der Waals surface area contributed by atoms with Gasteiger partial charge in [-0.3, -0.25) is 9.48 Å². The first-order valence-electron chi connectivity index (χ1n) is 7.01. The fourth-order valence-electron chi connectivity index (χ4n) is 2.84. The van der Waals surface area contributed by atoms with Gasteiger partial charge in [0.05, 0.1) is 15.9 Å². The van der Waals surface area contributed by atoms with E-state index >= 15 is 0 Å². The Balaban J connectivity index is 2.08. The van der Waals surface area contributed by atoms with Gasteiger partial charge in [0.15, 0.2) is 0 Å². The van der Waals surface area contributed by atoms with Crippen LogP contribution in [0.15, 0.2) is 4.47 Å². The normalized spacial score (nSPS) is 23.6. The zero-order valence-corrected chi connectivity index (χ0v) is 13.2. The lowest BCUT2D eigenvalue weighted by Gasteiger charge is -2.25. The van der Waals surface area contributed by atoms with Crippen LogP contribution in [0.2, 0.25) is 0 Å². The lowest BCUT2D eigenvalue weighted by molar-refractivity contribution is -0.123. The number of nitrogens with two attached hydrogens (primary N) is 1. The Morgan fingerprint density at radius 3 is 2.84 bits per heavy atom. The number of nitrogens with zero attached hydrogens (tertiary/aromatic N) is 2. The zero-order chi connectivity index (χ0) is 14.0. The summed E-state index contributed by atoms with van der Waals surface area (Å²) in [6.45, 7) is 2.07. The van der Waals surface area contributed by atoms with Crippen LogP contribution in [0.1, 0.15) is 44.0 Å². The van der Waals surface area contributed by atoms with Gasteiger partial charge in [0, 0.05) is 25.4 Å². The SMILES string of the molecule is CCc1nn(C)c(CC(=O)C2CCCC(N)C2)c1Br. The Morgan fingerprint density at radius 1 is 1.53 bits per heavy atom. The monoisotopic (exact) mass is 327 g/mol. The van der Waals surface area contributed by atoms with Crippen LogP contribution < -0.4 is 5.73 Å². The summed E-state index contributed by atoms with van der Waals surface area (Å²) in [4.78, 5) is 12.4. The van der Waals surface area contributed by atoms with Crippen molar-refractivity contribution in [1.29, 1.82) is 0 Å². The van der Waals surface area contributed by atoms with Gasteiger partial charge in [0.25, 0.3) is 0 Å². The van der Waals surface area contributed by atoms with E-state index in [-0.39, 0.29) is 12.0 Å². The van der Waals surface area contributed by atoms with E-state index in [2.05, 4.69) is 28.0 Å². The maximum atomic E-state index is 12.4. The average Bonchev–Trinajstić information content (AvgIpc) is 2.66. The second-order valence-corrected chi connectivity index (χ2v) is 6.24. The average molecular weight is 328 g/mol. The van der Waals surface area contributed by atoms with Crippen LogP contribution in [0.4, 0.5) is 0 Å². The molecule has 1 aliphatic rings. The summed E-state index contributed by atoms with van der Waals surface area (Å²) in [5.74, 6) is 0.442. The van der Waals surface area contributed by atoms with E-state index in [1.807, 2.05) is 11.7 Å². The number of Topliss-reactive ketones (excluding diaryl/α,β-unsaturated/α-hetero) is 1. The minimum atomic E-state index is 0.135. The number of carbonyl (C=O) groups excluding carboxylic acids is 1. The molecule has 1 aliphatic carbocycles. The highest BCUT2D eigenvalue weighted by molar-refractivity contribution is 9.10. The molecule has 0 amide bonds. The van der Waals surface area contributed by atoms with Gasteiger partial charge in [-0.05, 0) is 41.6 Å². The molecule has 2 atom stereocenters. The quantitative estimate of drug-likeness (QED) is 0.923. The first-order valence-corrected chi connectivity index (χ1v) is 7.80. The number of carbonyl (C=O) groups is 1. The standard InChI is InChI=1S/C14H22BrN3O/c1-3-11-14(15)12(18(2)17-11)8-13(19)9-5-4-6-10(16)7-9/h9-10H,3-8,16H2,1-2H3. The van der Waals surface area contributed by atoms with Crippen LogP contribution in [-0.2, 0) is 24.7 Å². The van der Waals surface area contributed by atoms with Gasteiger partial charge in [-0.25, -0.2) is 0 Å². The molecule has 5 heteroatoms. The van der Waals surface area contributed by atoms with Crippen molar-refractivity contribution in [2.24, 2.45) is 18.7 Å². The third kappa shape index (κ3) is 3.26. The van der Waals surface area contributed by atoms with Crippen molar-refractivity contribution in [3.05, 3.63) is 15.9 Å². The highest BCUT2D eigenvalue weighted by atomic mass is 79.9. The fraction of sp³-hybridized carbons (Fsp3) is 0.714. The molecule has 0 aliphatic heterocycles. The third-order valence-electron chi connectivity index (χ3n) is 4.01. The largest absolute Gasteiger partial charge is 0.328 e. The molecule has 2 unspecified atom stereocenters. The van der Waals surface area contributed by atoms with Crippen molar-refractivity contribution in [2.75, 3.05) is 0 Å². The summed E-state index contributed by atoms with van der Waals surface area (Å²) in [5.41, 5.74) is 7.97. The Hall–Kier alpha value is -0.680. The Kier molecular flexibility index (Phi) is 4.79. The number of aromatic nitrogens is 2. The molecule has 106 valence electrons. The lowest BCUT2D eigenvalue weighted by Crippen LogP contribution is -2.32. The van der Waals surface area contributed by atoms with Gasteiger partial charge >= 0.3 is 0 Å². The molecule has 0 saturated heterocycles. The third-order valence-corrected chi connectivity index (χ3v) is 4.93. The Morgan fingerprint density at radius 2 is 2.26 bits per heavy atom. The summed E-state index contributed by atoms with van der Waals surface area (Å²) in [7, 11) is 1.90. The first-order chi connectivity index (χ1) is 9.02. The highest BCUT2D eigenvalue weighted by Gasteiger charge is 2.27. The minimum Gasteiger partial charge on any atom is -0.328 e. The molecule has 1 fully saturated rings. The smallest absolute Gasteiger partial charge is 0.141 e. The van der Waals surface area contributed by atoms with Gasteiger partial charge in [0.1, 0.15) is 5.78 Å². The molecule has 1 heterocycles. The van der Waals surface area contributed by atoms with Gasteiger partial charge in [-0.1, -0.05) is 13.3 Å². The molecular formula is C14H22BrN3O. The maximum Gasteiger partial charge on any atom is 0.141 e. The molecule has 2 rings (SSSR count). The number of hydrogen-bond donors (Lipinski definition) is 1. The van der Waals surface area contributed by atoms with Crippen molar-refractivity contribution in [3.63, 3.8) is 0 Å². The molecule has 1 aromatic rings. The second-order valence-electron chi connectivity index (χ2n) is 5.45. The van der Waals surface area contributed by atoms with Gasteiger partial charge in [0.2, 0.25) is 0 Å². The minimum absolute atomic E-state index is 0.135. The predicted octanol–water partition coefficient (Wildman–Crippen LogP) is 2.37. The van der Waals surface area contributed by atoms with E-state index in [1.165, 1.54) is 0 Å². The number of rotatable bonds is 4. The number of halogens is 1. The van der Waals surface area contributed by atoms with Gasteiger partial charge < -0.3 is 5.73 Å². The fourth-order valence-corrected chi connectivity index (χ4v) is 3.60. The number of ketones is 1. The van der Waals surface area contributed by atoms with Crippen LogP contribution in [0.25, 0.3) is 0 Å². The molecular weight excluding hydrogens is 306 g/mol. The van der Waals surface area contributed by atoms with E-state index in [0.717, 1.165) is 48.0 Å². The summed E-state index contributed by atoms with van der Waals surface area (Å²) >= 11 is 3.57. The summed E-state index contributed by atoms with van der Waals surface area (Å²) < 4.78 is 2.81. The molecule has 0 bridgehead atoms. The van der Waals surface area contributed by atoms with Crippen molar-refractivity contribution in [3.8, 4) is 0 Å². The van der Waals surface area contributed by atoms with Crippen molar-refractivity contribution >= 4 is 21.7 Å². The van der Waals surface area contributed by atoms with Crippen molar-refractivity contribution < 1.29 is 4.79 Å². The molecule has 4 nitrogen and oxygen atoms in total. The molecule has 1 saturated carbocycles. The zero-order valence-electron chi connectivity index (χ0n) is 11.7. The molecule has 0 aromatic carbocycles. The first kappa shape index (κ1) is 14.7. The molecule has 0 radical (unpaired) electrons. The second kappa shape index (κ2) is 6.18. The van der Waals surface area contributed by atoms with Crippen LogP contribution in [0.5, 0.6) is 0 Å². The maximum absolute atomic E-state index is 12.4. The Bertz CT molecular complexity index is 470. The Labute approximate surface area is 122 Å². The van der Waals surface area contributed by atoms with E-state index in [1.54, 1.807) is 0 Å². The van der Waals surface area contributed by atoms with Crippen LogP contribution >= 0.6 is 15.9 Å². The molecule has 19 heavy (non-hydrogen) atoms. The van der Waals surface area contributed by atoms with Crippen LogP contribution in [0, 0.1) is 5.92 Å². The van der Waals surface area contributed by atoms with Gasteiger partial charge in [-0.15, -0.1) is 0 Å². The summed E-state index contributed by atoms with van der Waals surface area (Å²) in [6.07, 6.45) is 5.29. The van der Waals surface area contributed by atoms with E-state index < -0.39 is 0 Å². The lowest BCUT2D eigenvalue weighted by atomic mass is 9.82. The van der Waals surface area contributed by atoms with E-state index in [4.69, 9.17) is 5.73 Å². The van der Waals surface area contributed by atoms with E-state index in [9.17, 15) is 4.79 Å². The van der Waals surface area contributed by atoms with Crippen LogP contribution in [0.3, 0.4) is 0 Å². The van der Waals surface area contributed by atoms with Crippen molar-refractivity contribution in [2.45, 2.75) is 51.5 Å². The predicted molar refractivity (Wildman–Crippen MR) is 78.9 cm³/mol. The van der Waals surface area contributed by atoms with Crippen molar-refractivity contribution in [1.82, 2.24) is 9.78 Å². The summed E-state index contributed by atoms with van der Waals surface area (Å²) in [6, 6.07) is 0.198. The molecule has 1 aromatic heterocycles. The van der Waals surface area contributed by atoms with Gasteiger partial charge in [-0.2, -0.15) is 5.10 Å². The molecule has 2 N–H and O–H groups in total. The van der Waals surface area contributed by atoms with E-state index in [0.29, 0.717) is 12.2 Å². The number of aryl methyl sites for hydroxylation is 2. The summed E-state index contributed by atoms with van der Waals surface area (Å²) in [5, 5.41) is 4.43. The molecule has 0 spiro atoms. The topological polar surface area (TPSA) is 60.9 Å². The highest BCUT2D eigenvalue weighted by Crippen LogP contribution is 2.27.